The molecule has 0 bridgehead atoms. The molecule has 8 heteroatoms. The van der Waals surface area contributed by atoms with Crippen molar-refractivity contribution >= 4 is 44.4 Å². The van der Waals surface area contributed by atoms with E-state index in [0.717, 1.165) is 15.4 Å². The SMILES string of the molecule is COC(=O)c1cc(Cl)c(Cn2ncc3c(Br)cccc32)nc1OC. The fourth-order valence-corrected chi connectivity index (χ4v) is 3.04. The van der Waals surface area contributed by atoms with Gasteiger partial charge in [-0.25, -0.2) is 9.78 Å². The van der Waals surface area contributed by atoms with Crippen LogP contribution in [0.1, 0.15) is 16.1 Å². The van der Waals surface area contributed by atoms with Crippen molar-refractivity contribution in [1.82, 2.24) is 14.8 Å². The lowest BCUT2D eigenvalue weighted by molar-refractivity contribution is 0.0596. The third-order valence-corrected chi connectivity index (χ3v) is 4.56. The van der Waals surface area contributed by atoms with Crippen molar-refractivity contribution in [2.45, 2.75) is 6.54 Å². The van der Waals surface area contributed by atoms with Gasteiger partial charge in [-0.2, -0.15) is 5.10 Å². The van der Waals surface area contributed by atoms with E-state index >= 15 is 0 Å². The van der Waals surface area contributed by atoms with Crippen LogP contribution < -0.4 is 4.74 Å². The molecule has 2 aromatic heterocycles. The first kappa shape index (κ1) is 16.7. The number of ether oxygens (including phenoxy) is 2. The highest BCUT2D eigenvalue weighted by molar-refractivity contribution is 9.10. The van der Waals surface area contributed by atoms with Gasteiger partial charge >= 0.3 is 5.97 Å². The molecule has 3 aromatic rings. The molecule has 0 radical (unpaired) electrons. The van der Waals surface area contributed by atoms with Crippen molar-refractivity contribution in [2.24, 2.45) is 0 Å². The van der Waals surface area contributed by atoms with Crippen LogP contribution in [-0.4, -0.2) is 35.0 Å². The molecule has 0 aliphatic heterocycles. The molecule has 3 rings (SSSR count). The Balaban J connectivity index is 2.03. The lowest BCUT2D eigenvalue weighted by Crippen LogP contribution is -2.10. The molecule has 124 valence electrons. The average Bonchev–Trinajstić information content (AvgIpc) is 3.00. The first-order valence-corrected chi connectivity index (χ1v) is 8.14. The van der Waals surface area contributed by atoms with Crippen LogP contribution in [0, 0.1) is 0 Å². The maximum atomic E-state index is 11.8. The summed E-state index contributed by atoms with van der Waals surface area (Å²) in [7, 11) is 2.73. The Kier molecular flexibility index (Phi) is 4.73. The molecule has 0 N–H and O–H groups in total. The average molecular weight is 411 g/mol. The van der Waals surface area contributed by atoms with Crippen molar-refractivity contribution in [3.05, 3.63) is 51.2 Å². The van der Waals surface area contributed by atoms with E-state index in [9.17, 15) is 4.79 Å². The van der Waals surface area contributed by atoms with Crippen LogP contribution in [0.15, 0.2) is 34.9 Å². The second kappa shape index (κ2) is 6.78. The van der Waals surface area contributed by atoms with Gasteiger partial charge in [-0.3, -0.25) is 4.68 Å². The van der Waals surface area contributed by atoms with Gasteiger partial charge in [0.2, 0.25) is 5.88 Å². The first-order chi connectivity index (χ1) is 11.5. The van der Waals surface area contributed by atoms with Crippen molar-refractivity contribution in [3.63, 3.8) is 0 Å². The first-order valence-electron chi connectivity index (χ1n) is 6.97. The Hall–Kier alpha value is -2.12. The highest BCUT2D eigenvalue weighted by atomic mass is 79.9. The molecule has 24 heavy (non-hydrogen) atoms. The van der Waals surface area contributed by atoms with Crippen LogP contribution in [0.5, 0.6) is 5.88 Å². The molecule has 0 saturated carbocycles. The number of methoxy groups -OCH3 is 2. The molecule has 0 aliphatic carbocycles. The number of hydrogen-bond acceptors (Lipinski definition) is 5. The van der Waals surface area contributed by atoms with E-state index in [4.69, 9.17) is 21.1 Å². The topological polar surface area (TPSA) is 66.2 Å². The second-order valence-electron chi connectivity index (χ2n) is 4.94. The van der Waals surface area contributed by atoms with E-state index in [1.165, 1.54) is 20.3 Å². The summed E-state index contributed by atoms with van der Waals surface area (Å²) in [6.45, 7) is 0.344. The Labute approximate surface area is 151 Å². The predicted octanol–water partition coefficient (Wildman–Crippen LogP) is 3.69. The summed E-state index contributed by atoms with van der Waals surface area (Å²) >= 11 is 9.78. The van der Waals surface area contributed by atoms with Crippen LogP contribution in [0.25, 0.3) is 10.9 Å². The van der Waals surface area contributed by atoms with E-state index in [1.807, 2.05) is 18.2 Å². The standard InChI is InChI=1S/C16H13BrClN3O3/c1-23-15-9(16(22)24-2)6-12(18)13(20-15)8-21-14-5-3-4-11(17)10(14)7-19-21/h3-7H,8H2,1-2H3. The molecule has 1 aromatic carbocycles. The zero-order chi connectivity index (χ0) is 17.3. The predicted molar refractivity (Wildman–Crippen MR) is 93.7 cm³/mol. The number of hydrogen-bond donors (Lipinski definition) is 0. The third-order valence-electron chi connectivity index (χ3n) is 3.55. The minimum absolute atomic E-state index is 0.166. The third kappa shape index (κ3) is 2.97. The van der Waals surface area contributed by atoms with Gasteiger partial charge in [-0.05, 0) is 18.2 Å². The second-order valence-corrected chi connectivity index (χ2v) is 6.20. The number of benzene rings is 1. The van der Waals surface area contributed by atoms with E-state index < -0.39 is 5.97 Å². The van der Waals surface area contributed by atoms with Crippen molar-refractivity contribution < 1.29 is 14.3 Å². The molecule has 0 saturated heterocycles. The number of halogens is 2. The highest BCUT2D eigenvalue weighted by Crippen LogP contribution is 2.27. The van der Waals surface area contributed by atoms with Crippen LogP contribution in [0.2, 0.25) is 5.02 Å². The van der Waals surface area contributed by atoms with Gasteiger partial charge in [0.1, 0.15) is 5.56 Å². The summed E-state index contributed by atoms with van der Waals surface area (Å²) in [4.78, 5) is 16.1. The monoisotopic (exact) mass is 409 g/mol. The van der Waals surface area contributed by atoms with E-state index in [1.54, 1.807) is 10.9 Å². The summed E-state index contributed by atoms with van der Waals surface area (Å²) in [6, 6.07) is 7.34. The molecule has 0 spiro atoms. The Morgan fingerprint density at radius 1 is 1.38 bits per heavy atom. The summed E-state index contributed by atoms with van der Waals surface area (Å²) in [5, 5.41) is 5.71. The molecule has 6 nitrogen and oxygen atoms in total. The fraction of sp³-hybridized carbons (Fsp3) is 0.188. The van der Waals surface area contributed by atoms with Gasteiger partial charge in [0, 0.05) is 9.86 Å². The Morgan fingerprint density at radius 2 is 2.17 bits per heavy atom. The fourth-order valence-electron chi connectivity index (χ4n) is 2.37. The summed E-state index contributed by atoms with van der Waals surface area (Å²) < 4.78 is 12.6. The molecule has 0 fully saturated rings. The summed E-state index contributed by atoms with van der Waals surface area (Å²) in [5.41, 5.74) is 1.67. The van der Waals surface area contributed by atoms with Gasteiger partial charge in [-0.1, -0.05) is 33.6 Å². The van der Waals surface area contributed by atoms with E-state index in [0.29, 0.717) is 17.3 Å². The molecule has 0 unspecified atom stereocenters. The van der Waals surface area contributed by atoms with Gasteiger partial charge in [-0.15, -0.1) is 0 Å². The Bertz CT molecular complexity index is 926. The van der Waals surface area contributed by atoms with Crippen LogP contribution in [0.3, 0.4) is 0 Å². The zero-order valence-corrected chi connectivity index (χ0v) is 15.3. The van der Waals surface area contributed by atoms with Gasteiger partial charge in [0.05, 0.1) is 43.2 Å². The van der Waals surface area contributed by atoms with Gasteiger partial charge in [0.15, 0.2) is 0 Å². The van der Waals surface area contributed by atoms with E-state index in [2.05, 4.69) is 26.0 Å². The van der Waals surface area contributed by atoms with Crippen LogP contribution in [0.4, 0.5) is 0 Å². The van der Waals surface area contributed by atoms with Crippen molar-refractivity contribution in [3.8, 4) is 5.88 Å². The number of rotatable bonds is 4. The number of nitrogens with zero attached hydrogens (tertiary/aromatic N) is 3. The number of esters is 1. The molecular formula is C16H13BrClN3O3. The Morgan fingerprint density at radius 3 is 2.88 bits per heavy atom. The van der Waals surface area contributed by atoms with Crippen molar-refractivity contribution in [1.29, 1.82) is 0 Å². The summed E-state index contributed by atoms with van der Waals surface area (Å²) in [6.07, 6.45) is 1.77. The van der Waals surface area contributed by atoms with Gasteiger partial charge < -0.3 is 9.47 Å². The highest BCUT2D eigenvalue weighted by Gasteiger charge is 2.19. The number of carbonyl (C=O) groups is 1. The number of pyridine rings is 1. The molecular weight excluding hydrogens is 398 g/mol. The minimum atomic E-state index is -0.554. The van der Waals surface area contributed by atoms with Crippen molar-refractivity contribution in [2.75, 3.05) is 14.2 Å². The normalized spacial score (nSPS) is 10.8. The maximum Gasteiger partial charge on any atom is 0.343 e. The van der Waals surface area contributed by atoms with Crippen LogP contribution >= 0.6 is 27.5 Å². The number of fused-ring (bicyclic) bond motifs is 1. The maximum absolute atomic E-state index is 11.8. The molecule has 0 amide bonds. The zero-order valence-electron chi connectivity index (χ0n) is 12.9. The molecule has 0 aliphatic rings. The number of carbonyl (C=O) groups excluding carboxylic acids is 1. The molecule has 2 heterocycles. The van der Waals surface area contributed by atoms with E-state index in [-0.39, 0.29) is 11.4 Å². The van der Waals surface area contributed by atoms with Crippen LogP contribution in [-0.2, 0) is 11.3 Å². The summed E-state index contributed by atoms with van der Waals surface area (Å²) in [5.74, 6) is -0.389. The molecule has 0 atom stereocenters. The van der Waals surface area contributed by atoms with Gasteiger partial charge in [0.25, 0.3) is 0 Å². The smallest absolute Gasteiger partial charge is 0.343 e. The quantitative estimate of drug-likeness (QED) is 0.614. The minimum Gasteiger partial charge on any atom is -0.480 e. The number of aromatic nitrogens is 3. The lowest BCUT2D eigenvalue weighted by atomic mass is 10.2. The lowest BCUT2D eigenvalue weighted by Gasteiger charge is -2.11. The largest absolute Gasteiger partial charge is 0.480 e.